The van der Waals surface area contributed by atoms with Crippen molar-refractivity contribution in [3.8, 4) is 0 Å². The SMILES string of the molecule is Cc1c(Cl)cccc1N(C)C(=O)CCN. The average Bonchev–Trinajstić information content (AvgIpc) is 2.21. The fourth-order valence-corrected chi connectivity index (χ4v) is 1.55. The lowest BCUT2D eigenvalue weighted by Crippen LogP contribution is -2.28. The maximum Gasteiger partial charge on any atom is 0.227 e. The Morgan fingerprint density at radius 3 is 2.80 bits per heavy atom. The van der Waals surface area contributed by atoms with Crippen molar-refractivity contribution in [1.82, 2.24) is 0 Å². The molecule has 1 amide bonds. The van der Waals surface area contributed by atoms with Crippen LogP contribution in [0.25, 0.3) is 0 Å². The van der Waals surface area contributed by atoms with Crippen molar-refractivity contribution in [3.63, 3.8) is 0 Å². The first-order valence-electron chi connectivity index (χ1n) is 4.79. The van der Waals surface area contributed by atoms with Gasteiger partial charge >= 0.3 is 0 Å². The second-order valence-corrected chi connectivity index (χ2v) is 3.78. The zero-order valence-corrected chi connectivity index (χ0v) is 9.71. The van der Waals surface area contributed by atoms with Gasteiger partial charge in [0, 0.05) is 30.7 Å². The minimum Gasteiger partial charge on any atom is -0.330 e. The molecule has 0 aliphatic carbocycles. The molecule has 0 aliphatic rings. The van der Waals surface area contributed by atoms with Crippen molar-refractivity contribution in [2.45, 2.75) is 13.3 Å². The molecule has 4 heteroatoms. The molecule has 0 saturated heterocycles. The van der Waals surface area contributed by atoms with Crippen LogP contribution in [0.3, 0.4) is 0 Å². The maximum atomic E-state index is 11.6. The Bertz CT molecular complexity index is 366. The Balaban J connectivity index is 2.96. The predicted octanol–water partition coefficient (Wildman–Crippen LogP) is 1.96. The van der Waals surface area contributed by atoms with Crippen LogP contribution >= 0.6 is 11.6 Å². The first kappa shape index (κ1) is 12.0. The molecule has 0 spiro atoms. The van der Waals surface area contributed by atoms with E-state index in [0.29, 0.717) is 18.0 Å². The molecule has 82 valence electrons. The fraction of sp³-hybridized carbons (Fsp3) is 0.364. The van der Waals surface area contributed by atoms with Gasteiger partial charge in [0.1, 0.15) is 0 Å². The molecule has 1 aromatic rings. The van der Waals surface area contributed by atoms with Gasteiger partial charge in [-0.3, -0.25) is 4.79 Å². The lowest BCUT2D eigenvalue weighted by atomic mass is 10.2. The number of amides is 1. The van der Waals surface area contributed by atoms with Crippen molar-refractivity contribution in [1.29, 1.82) is 0 Å². The summed E-state index contributed by atoms with van der Waals surface area (Å²) in [6.45, 7) is 2.26. The number of carbonyl (C=O) groups excluding carboxylic acids is 1. The van der Waals surface area contributed by atoms with Crippen molar-refractivity contribution >= 4 is 23.2 Å². The highest BCUT2D eigenvalue weighted by atomic mass is 35.5. The lowest BCUT2D eigenvalue weighted by molar-refractivity contribution is -0.118. The van der Waals surface area contributed by atoms with E-state index >= 15 is 0 Å². The molecule has 1 rings (SSSR count). The van der Waals surface area contributed by atoms with E-state index in [9.17, 15) is 4.79 Å². The molecule has 0 fully saturated rings. The van der Waals surface area contributed by atoms with Gasteiger partial charge in [0.15, 0.2) is 0 Å². The van der Waals surface area contributed by atoms with Gasteiger partial charge in [-0.1, -0.05) is 17.7 Å². The highest BCUT2D eigenvalue weighted by molar-refractivity contribution is 6.31. The molecule has 0 aliphatic heterocycles. The summed E-state index contributed by atoms with van der Waals surface area (Å²) in [7, 11) is 1.73. The zero-order chi connectivity index (χ0) is 11.4. The molecule has 0 heterocycles. The average molecular weight is 227 g/mol. The highest BCUT2D eigenvalue weighted by Gasteiger charge is 2.12. The normalized spacial score (nSPS) is 10.1. The van der Waals surface area contributed by atoms with Crippen LogP contribution in [0.2, 0.25) is 5.02 Å². The quantitative estimate of drug-likeness (QED) is 0.857. The van der Waals surface area contributed by atoms with Gasteiger partial charge in [0.05, 0.1) is 0 Å². The third kappa shape index (κ3) is 2.70. The molecule has 0 radical (unpaired) electrons. The molecular formula is C11H15ClN2O. The second kappa shape index (κ2) is 5.14. The molecule has 0 aromatic heterocycles. The maximum absolute atomic E-state index is 11.6. The molecular weight excluding hydrogens is 212 g/mol. The van der Waals surface area contributed by atoms with Gasteiger partial charge in [-0.05, 0) is 24.6 Å². The first-order chi connectivity index (χ1) is 7.07. The third-order valence-electron chi connectivity index (χ3n) is 2.33. The van der Waals surface area contributed by atoms with Gasteiger partial charge in [0.25, 0.3) is 0 Å². The van der Waals surface area contributed by atoms with Crippen LogP contribution in [-0.4, -0.2) is 19.5 Å². The van der Waals surface area contributed by atoms with Gasteiger partial charge < -0.3 is 10.6 Å². The summed E-state index contributed by atoms with van der Waals surface area (Å²) in [6.07, 6.45) is 0.350. The summed E-state index contributed by atoms with van der Waals surface area (Å²) in [4.78, 5) is 13.2. The summed E-state index contributed by atoms with van der Waals surface area (Å²) >= 11 is 5.98. The zero-order valence-electron chi connectivity index (χ0n) is 8.96. The topological polar surface area (TPSA) is 46.3 Å². The molecule has 0 bridgehead atoms. The van der Waals surface area contributed by atoms with Crippen LogP contribution in [0.5, 0.6) is 0 Å². The number of benzene rings is 1. The van der Waals surface area contributed by atoms with Crippen molar-refractivity contribution < 1.29 is 4.79 Å². The smallest absolute Gasteiger partial charge is 0.227 e. The van der Waals surface area contributed by atoms with Crippen LogP contribution < -0.4 is 10.6 Å². The number of anilines is 1. The number of hydrogen-bond donors (Lipinski definition) is 1. The number of carbonyl (C=O) groups is 1. The largest absolute Gasteiger partial charge is 0.330 e. The van der Waals surface area contributed by atoms with Crippen LogP contribution in [0.4, 0.5) is 5.69 Å². The van der Waals surface area contributed by atoms with Gasteiger partial charge in [0.2, 0.25) is 5.91 Å². The van der Waals surface area contributed by atoms with Gasteiger partial charge in [-0.25, -0.2) is 0 Å². The van der Waals surface area contributed by atoms with Gasteiger partial charge in [-0.15, -0.1) is 0 Å². The Morgan fingerprint density at radius 2 is 2.20 bits per heavy atom. The highest BCUT2D eigenvalue weighted by Crippen LogP contribution is 2.25. The van der Waals surface area contributed by atoms with E-state index in [-0.39, 0.29) is 5.91 Å². The van der Waals surface area contributed by atoms with Crippen molar-refractivity contribution in [2.24, 2.45) is 5.73 Å². The number of rotatable bonds is 3. The molecule has 0 unspecified atom stereocenters. The molecule has 1 aromatic carbocycles. The van der Waals surface area contributed by atoms with E-state index in [1.54, 1.807) is 11.9 Å². The van der Waals surface area contributed by atoms with E-state index in [2.05, 4.69) is 0 Å². The van der Waals surface area contributed by atoms with Crippen LogP contribution in [0.1, 0.15) is 12.0 Å². The second-order valence-electron chi connectivity index (χ2n) is 3.38. The van der Waals surface area contributed by atoms with Crippen LogP contribution in [0, 0.1) is 6.92 Å². The van der Waals surface area contributed by atoms with Crippen molar-refractivity contribution in [3.05, 3.63) is 28.8 Å². The summed E-state index contributed by atoms with van der Waals surface area (Å²) in [5, 5.41) is 0.667. The Kier molecular flexibility index (Phi) is 4.12. The third-order valence-corrected chi connectivity index (χ3v) is 2.74. The Morgan fingerprint density at radius 1 is 1.53 bits per heavy atom. The number of nitrogens with zero attached hydrogens (tertiary/aromatic N) is 1. The number of hydrogen-bond acceptors (Lipinski definition) is 2. The van der Waals surface area contributed by atoms with E-state index in [0.717, 1.165) is 11.3 Å². The van der Waals surface area contributed by atoms with E-state index in [1.807, 2.05) is 25.1 Å². The van der Waals surface area contributed by atoms with Crippen LogP contribution in [-0.2, 0) is 4.79 Å². The molecule has 0 saturated carbocycles. The standard InChI is InChI=1S/C11H15ClN2O/c1-8-9(12)4-3-5-10(8)14(2)11(15)6-7-13/h3-5H,6-7,13H2,1-2H3. The number of nitrogens with two attached hydrogens (primary N) is 1. The summed E-state index contributed by atoms with van der Waals surface area (Å²) in [5.74, 6) is 0.00265. The van der Waals surface area contributed by atoms with E-state index < -0.39 is 0 Å². The first-order valence-corrected chi connectivity index (χ1v) is 5.17. The predicted molar refractivity (Wildman–Crippen MR) is 63.3 cm³/mol. The van der Waals surface area contributed by atoms with Crippen LogP contribution in [0.15, 0.2) is 18.2 Å². The number of halogens is 1. The minimum absolute atomic E-state index is 0.00265. The Labute approximate surface area is 94.8 Å². The van der Waals surface area contributed by atoms with E-state index in [4.69, 9.17) is 17.3 Å². The summed E-state index contributed by atoms with van der Waals surface area (Å²) < 4.78 is 0. The minimum atomic E-state index is 0.00265. The fourth-order valence-electron chi connectivity index (χ4n) is 1.38. The van der Waals surface area contributed by atoms with E-state index in [1.165, 1.54) is 0 Å². The summed E-state index contributed by atoms with van der Waals surface area (Å²) in [6, 6.07) is 5.51. The summed E-state index contributed by atoms with van der Waals surface area (Å²) in [5.41, 5.74) is 7.08. The van der Waals surface area contributed by atoms with Gasteiger partial charge in [-0.2, -0.15) is 0 Å². The molecule has 2 N–H and O–H groups in total. The Hall–Kier alpha value is -1.06. The monoisotopic (exact) mass is 226 g/mol. The molecule has 15 heavy (non-hydrogen) atoms. The lowest BCUT2D eigenvalue weighted by Gasteiger charge is -2.19. The molecule has 0 atom stereocenters. The molecule has 3 nitrogen and oxygen atoms in total. The van der Waals surface area contributed by atoms with Crippen molar-refractivity contribution in [2.75, 3.05) is 18.5 Å².